The average molecular weight is 606 g/mol. The van der Waals surface area contributed by atoms with E-state index in [9.17, 15) is 9.13 Å². The van der Waals surface area contributed by atoms with Crippen molar-refractivity contribution in [2.24, 2.45) is 0 Å². The Balaban J connectivity index is 2.08. The van der Waals surface area contributed by atoms with Crippen LogP contribution in [0.25, 0.3) is 22.0 Å². The smallest absolute Gasteiger partial charge is 0.308 e. The number of halogens is 1. The van der Waals surface area contributed by atoms with Crippen molar-refractivity contribution in [1.29, 1.82) is 0 Å². The molecule has 0 N–H and O–H groups in total. The second kappa shape index (κ2) is 12.5. The Kier molecular flexibility index (Phi) is 10.2. The van der Waals surface area contributed by atoms with Crippen LogP contribution in [0, 0.1) is 0 Å². The number of hydrogen-bond acceptors (Lipinski definition) is 8. The third-order valence-corrected chi connectivity index (χ3v) is 12.3. The summed E-state index contributed by atoms with van der Waals surface area (Å²) >= 11 is 3.49. The molecular formula is C22H31BrN3O6P3. The van der Waals surface area contributed by atoms with Crippen LogP contribution in [0.5, 0.6) is 0 Å². The van der Waals surface area contributed by atoms with E-state index < -0.39 is 20.6 Å². The zero-order valence-electron chi connectivity index (χ0n) is 20.2. The van der Waals surface area contributed by atoms with Crippen LogP contribution in [-0.4, -0.2) is 46.4 Å². The largest absolute Gasteiger partial charge is 0.346 e. The molecule has 3 aromatic rings. The Morgan fingerprint density at radius 2 is 1.49 bits per heavy atom. The Hall–Kier alpha value is -0.950. The van der Waals surface area contributed by atoms with Gasteiger partial charge in [-0.3, -0.25) is 13.6 Å². The van der Waals surface area contributed by atoms with Gasteiger partial charge in [0.05, 0.1) is 38.1 Å². The van der Waals surface area contributed by atoms with Crippen LogP contribution in [0.4, 0.5) is 0 Å². The summed E-state index contributed by atoms with van der Waals surface area (Å²) in [7, 11) is -5.22. The lowest BCUT2D eigenvalue weighted by Gasteiger charge is -2.31. The predicted octanol–water partition coefficient (Wildman–Crippen LogP) is 6.90. The predicted molar refractivity (Wildman–Crippen MR) is 145 cm³/mol. The summed E-state index contributed by atoms with van der Waals surface area (Å²) in [5.74, 6) is 0. The molecule has 2 heterocycles. The molecule has 9 nitrogen and oxygen atoms in total. The van der Waals surface area contributed by atoms with Gasteiger partial charge < -0.3 is 18.1 Å². The van der Waals surface area contributed by atoms with Crippen molar-refractivity contribution in [3.8, 4) is 11.1 Å². The van der Waals surface area contributed by atoms with E-state index in [4.69, 9.17) is 18.1 Å². The monoisotopic (exact) mass is 605 g/mol. The van der Waals surface area contributed by atoms with Gasteiger partial charge in [0.15, 0.2) is 5.40 Å². The molecule has 0 bridgehead atoms. The molecule has 1 atom stereocenters. The van der Waals surface area contributed by atoms with Gasteiger partial charge in [0.25, 0.3) is 0 Å². The summed E-state index contributed by atoms with van der Waals surface area (Å²) in [6.45, 7) is 7.31. The second-order valence-corrected chi connectivity index (χ2v) is 13.6. The highest BCUT2D eigenvalue weighted by atomic mass is 79.9. The maximum Gasteiger partial charge on any atom is 0.346 e. The Morgan fingerprint density at radius 3 is 2.03 bits per heavy atom. The fraction of sp³-hybridized carbons (Fsp3) is 0.455. The van der Waals surface area contributed by atoms with Gasteiger partial charge in [-0.25, -0.2) is 4.98 Å². The molecule has 192 valence electrons. The first-order chi connectivity index (χ1) is 16.7. The van der Waals surface area contributed by atoms with E-state index in [0.29, 0.717) is 10.2 Å². The maximum absolute atomic E-state index is 13.9. The van der Waals surface area contributed by atoms with Crippen LogP contribution >= 0.6 is 40.5 Å². The third kappa shape index (κ3) is 6.49. The van der Waals surface area contributed by atoms with Gasteiger partial charge in [0.2, 0.25) is 0 Å². The molecular weight excluding hydrogens is 575 g/mol. The van der Waals surface area contributed by atoms with Crippen LogP contribution in [0.1, 0.15) is 33.3 Å². The fourth-order valence-corrected chi connectivity index (χ4v) is 9.74. The lowest BCUT2D eigenvalue weighted by Crippen LogP contribution is -2.20. The number of pyridine rings is 1. The quantitative estimate of drug-likeness (QED) is 0.153. The summed E-state index contributed by atoms with van der Waals surface area (Å²) in [5.41, 5.74) is 3.43. The van der Waals surface area contributed by atoms with Gasteiger partial charge in [0, 0.05) is 23.6 Å². The molecule has 0 radical (unpaired) electrons. The van der Waals surface area contributed by atoms with E-state index in [-0.39, 0.29) is 32.8 Å². The average Bonchev–Trinajstić information content (AvgIpc) is 3.19. The number of nitrogens with zero attached hydrogens (tertiary/aromatic N) is 3. The molecule has 3 rings (SSSR count). The first kappa shape index (κ1) is 28.6. The fourth-order valence-electron chi connectivity index (χ4n) is 3.76. The van der Waals surface area contributed by atoms with Gasteiger partial charge >= 0.3 is 15.2 Å². The van der Waals surface area contributed by atoms with E-state index >= 15 is 0 Å². The van der Waals surface area contributed by atoms with E-state index in [0.717, 1.165) is 22.0 Å². The molecule has 0 fully saturated rings. The zero-order valence-corrected chi connectivity index (χ0v) is 24.7. The number of hydrogen-bond donors (Lipinski definition) is 0. The van der Waals surface area contributed by atoms with E-state index in [2.05, 4.69) is 35.4 Å². The van der Waals surface area contributed by atoms with Crippen molar-refractivity contribution in [3.05, 3.63) is 46.8 Å². The normalized spacial score (nSPS) is 12.7. The van der Waals surface area contributed by atoms with E-state index in [1.165, 1.54) is 0 Å². The van der Waals surface area contributed by atoms with Crippen molar-refractivity contribution in [3.63, 3.8) is 0 Å². The first-order valence-electron chi connectivity index (χ1n) is 11.4. The van der Waals surface area contributed by atoms with Crippen molar-refractivity contribution in [2.75, 3.05) is 26.4 Å². The summed E-state index contributed by atoms with van der Waals surface area (Å²) in [6.07, 6.45) is 3.57. The highest BCUT2D eigenvalue weighted by Crippen LogP contribution is 2.71. The van der Waals surface area contributed by atoms with Crippen LogP contribution in [0.3, 0.4) is 0 Å². The van der Waals surface area contributed by atoms with Gasteiger partial charge in [0.1, 0.15) is 4.60 Å². The molecule has 0 amide bonds. The second-order valence-electron chi connectivity index (χ2n) is 7.47. The molecule has 1 unspecified atom stereocenters. The molecule has 0 spiro atoms. The SMILES string of the molecule is CCOP(=O)(OCC)C(Cc1cc(-c2ccc3c(cnn3P)c2)cnc1Br)P(=O)(OCC)OCC. The summed E-state index contributed by atoms with van der Waals surface area (Å²) in [5, 5.41) is 4.08. The lowest BCUT2D eigenvalue weighted by molar-refractivity contribution is 0.195. The standard InChI is InChI=1S/C22H31BrN3O6P3/c1-5-29-34(27,30-6-2)21(35(28,31-7-3)32-8-4)13-17-12-18(14-24-22(17)23)16-9-10-20-19(11-16)15-25-26(20)33/h9-12,14-15,21H,5-8,13,33H2,1-4H3. The highest BCUT2D eigenvalue weighted by Gasteiger charge is 2.51. The molecule has 0 aliphatic rings. The van der Waals surface area contributed by atoms with Gasteiger partial charge in [-0.1, -0.05) is 6.07 Å². The number of rotatable bonds is 13. The van der Waals surface area contributed by atoms with Crippen LogP contribution < -0.4 is 0 Å². The number of fused-ring (bicyclic) bond motifs is 1. The van der Waals surface area contributed by atoms with Gasteiger partial charge in [-0.2, -0.15) is 5.10 Å². The van der Waals surface area contributed by atoms with Crippen molar-refractivity contribution >= 4 is 51.4 Å². The number of aromatic nitrogens is 3. The topological polar surface area (TPSA) is 102 Å². The summed E-state index contributed by atoms with van der Waals surface area (Å²) in [6, 6.07) is 7.89. The molecule has 13 heteroatoms. The number of benzene rings is 1. The van der Waals surface area contributed by atoms with Crippen LogP contribution in [0.2, 0.25) is 0 Å². The van der Waals surface area contributed by atoms with Crippen molar-refractivity contribution in [2.45, 2.75) is 39.5 Å². The Labute approximate surface area is 216 Å². The minimum Gasteiger partial charge on any atom is -0.308 e. The minimum absolute atomic E-state index is 0.0434. The van der Waals surface area contributed by atoms with E-state index in [1.54, 1.807) is 44.5 Å². The molecule has 0 aliphatic heterocycles. The highest BCUT2D eigenvalue weighted by molar-refractivity contribution is 9.10. The third-order valence-electron chi connectivity index (χ3n) is 5.21. The molecule has 0 aliphatic carbocycles. The summed E-state index contributed by atoms with van der Waals surface area (Å²) in [4.78, 5) is 4.49. The van der Waals surface area contributed by atoms with Crippen molar-refractivity contribution in [1.82, 2.24) is 14.5 Å². The Bertz CT molecular complexity index is 1200. The molecule has 35 heavy (non-hydrogen) atoms. The van der Waals surface area contributed by atoms with Crippen LogP contribution in [-0.2, 0) is 33.6 Å². The lowest BCUT2D eigenvalue weighted by atomic mass is 10.0. The minimum atomic E-state index is -3.89. The first-order valence-corrected chi connectivity index (χ1v) is 15.9. The zero-order chi connectivity index (χ0) is 25.6. The molecule has 2 aromatic heterocycles. The molecule has 1 aromatic carbocycles. The van der Waals surface area contributed by atoms with Gasteiger partial charge in [-0.15, -0.1) is 0 Å². The van der Waals surface area contributed by atoms with Crippen LogP contribution in [0.15, 0.2) is 41.3 Å². The maximum atomic E-state index is 13.9. The van der Waals surface area contributed by atoms with Crippen molar-refractivity contribution < 1.29 is 27.2 Å². The van der Waals surface area contributed by atoms with Gasteiger partial charge in [-0.05, 0) is 82.3 Å². The summed E-state index contributed by atoms with van der Waals surface area (Å²) < 4.78 is 52.5. The van der Waals surface area contributed by atoms with E-state index in [1.807, 2.05) is 24.3 Å². The Morgan fingerprint density at radius 1 is 0.914 bits per heavy atom. The molecule has 0 saturated heterocycles. The molecule has 0 saturated carbocycles.